The molecule has 0 fully saturated rings. The molecule has 0 aromatic rings. The molecule has 0 aliphatic carbocycles. The summed E-state index contributed by atoms with van der Waals surface area (Å²) in [4.78, 5) is 11.0. The summed E-state index contributed by atoms with van der Waals surface area (Å²) < 4.78 is 4.64. The van der Waals surface area contributed by atoms with Crippen LogP contribution in [0.5, 0.6) is 0 Å². The first-order valence-electron chi connectivity index (χ1n) is 9.77. The van der Waals surface area contributed by atoms with Crippen LogP contribution in [0.2, 0.25) is 0 Å². The average molecular weight is 313 g/mol. The second kappa shape index (κ2) is 16.8. The fourth-order valence-corrected chi connectivity index (χ4v) is 2.99. The van der Waals surface area contributed by atoms with Gasteiger partial charge < -0.3 is 4.74 Å². The first-order valence-corrected chi connectivity index (χ1v) is 9.77. The maximum Gasteiger partial charge on any atom is 0.305 e. The summed E-state index contributed by atoms with van der Waals surface area (Å²) in [5, 5.41) is 0. The monoisotopic (exact) mass is 312 g/mol. The van der Waals surface area contributed by atoms with Gasteiger partial charge in [-0.15, -0.1) is 0 Å². The van der Waals surface area contributed by atoms with E-state index in [2.05, 4.69) is 18.6 Å². The van der Waals surface area contributed by atoms with Crippen molar-refractivity contribution in [2.75, 3.05) is 7.11 Å². The lowest BCUT2D eigenvalue weighted by Crippen LogP contribution is -1.99. The zero-order valence-electron chi connectivity index (χ0n) is 15.5. The Morgan fingerprint density at radius 3 is 1.73 bits per heavy atom. The van der Waals surface area contributed by atoms with E-state index in [1.807, 2.05) is 0 Å². The highest BCUT2D eigenvalue weighted by atomic mass is 16.5. The van der Waals surface area contributed by atoms with Crippen molar-refractivity contribution in [2.45, 2.75) is 110 Å². The molecule has 0 N–H and O–H groups in total. The Morgan fingerprint density at radius 2 is 1.23 bits per heavy atom. The van der Waals surface area contributed by atoms with E-state index in [9.17, 15) is 4.79 Å². The van der Waals surface area contributed by atoms with Crippen LogP contribution in [0.1, 0.15) is 110 Å². The molecule has 0 rings (SSSR count). The van der Waals surface area contributed by atoms with Gasteiger partial charge in [0.25, 0.3) is 0 Å². The minimum absolute atomic E-state index is 0.0662. The minimum atomic E-state index is -0.0662. The number of methoxy groups -OCH3 is 1. The van der Waals surface area contributed by atoms with Gasteiger partial charge >= 0.3 is 5.97 Å². The molecular weight excluding hydrogens is 272 g/mol. The molecule has 1 atom stereocenters. The molecule has 0 saturated heterocycles. The van der Waals surface area contributed by atoms with Gasteiger partial charge in [-0.2, -0.15) is 0 Å². The molecule has 0 spiro atoms. The molecule has 0 saturated carbocycles. The third-order valence-corrected chi connectivity index (χ3v) is 4.61. The summed E-state index contributed by atoms with van der Waals surface area (Å²) in [6.07, 6.45) is 19.4. The number of ether oxygens (including phenoxy) is 1. The molecule has 0 aromatic carbocycles. The summed E-state index contributed by atoms with van der Waals surface area (Å²) in [5.74, 6) is 0.842. The van der Waals surface area contributed by atoms with Crippen molar-refractivity contribution in [3.8, 4) is 0 Å². The minimum Gasteiger partial charge on any atom is -0.469 e. The molecule has 0 aliphatic heterocycles. The van der Waals surface area contributed by atoms with Gasteiger partial charge in [0.15, 0.2) is 0 Å². The number of esters is 1. The van der Waals surface area contributed by atoms with E-state index in [0.717, 1.165) is 12.3 Å². The number of carbonyl (C=O) groups is 1. The zero-order valence-corrected chi connectivity index (χ0v) is 15.5. The summed E-state index contributed by atoms with van der Waals surface area (Å²) >= 11 is 0. The fraction of sp³-hybridized carbons (Fsp3) is 0.950. The van der Waals surface area contributed by atoms with Crippen LogP contribution in [0.4, 0.5) is 0 Å². The first kappa shape index (κ1) is 21.5. The summed E-state index contributed by atoms with van der Waals surface area (Å²) in [6, 6.07) is 0. The highest BCUT2D eigenvalue weighted by Crippen LogP contribution is 2.18. The molecule has 0 aliphatic rings. The van der Waals surface area contributed by atoms with E-state index in [0.29, 0.717) is 6.42 Å². The van der Waals surface area contributed by atoms with Gasteiger partial charge in [0, 0.05) is 6.42 Å². The second-order valence-electron chi connectivity index (χ2n) is 6.90. The molecule has 132 valence electrons. The SMILES string of the molecule is CCCCCCCCC(C)CCCCCCCCC(=O)OC. The van der Waals surface area contributed by atoms with Crippen LogP contribution in [0, 0.1) is 5.92 Å². The van der Waals surface area contributed by atoms with E-state index in [1.165, 1.54) is 90.6 Å². The zero-order chi connectivity index (χ0) is 16.5. The largest absolute Gasteiger partial charge is 0.469 e. The lowest BCUT2D eigenvalue weighted by atomic mass is 9.96. The molecule has 0 heterocycles. The van der Waals surface area contributed by atoms with Crippen molar-refractivity contribution < 1.29 is 9.53 Å². The Kier molecular flexibility index (Phi) is 16.4. The summed E-state index contributed by atoms with van der Waals surface area (Å²) in [7, 11) is 1.47. The van der Waals surface area contributed by atoms with Gasteiger partial charge in [0.1, 0.15) is 0 Å². The van der Waals surface area contributed by atoms with E-state index < -0.39 is 0 Å². The Labute approximate surface area is 139 Å². The van der Waals surface area contributed by atoms with E-state index >= 15 is 0 Å². The molecule has 1 unspecified atom stereocenters. The van der Waals surface area contributed by atoms with Crippen LogP contribution in [0.3, 0.4) is 0 Å². The van der Waals surface area contributed by atoms with Crippen molar-refractivity contribution in [3.05, 3.63) is 0 Å². The Hall–Kier alpha value is -0.530. The standard InChI is InChI=1S/C20H40O2/c1-4-5-6-7-10-13-16-19(2)17-14-11-8-9-12-15-18-20(21)22-3/h19H,4-18H2,1-3H3. The van der Waals surface area contributed by atoms with Crippen molar-refractivity contribution in [2.24, 2.45) is 5.92 Å². The molecule has 22 heavy (non-hydrogen) atoms. The van der Waals surface area contributed by atoms with Crippen molar-refractivity contribution in [1.29, 1.82) is 0 Å². The highest BCUT2D eigenvalue weighted by Gasteiger charge is 2.02. The number of rotatable bonds is 16. The Balaban J connectivity index is 3.18. The maximum atomic E-state index is 11.0. The van der Waals surface area contributed by atoms with Crippen LogP contribution in [0.15, 0.2) is 0 Å². The average Bonchev–Trinajstić information content (AvgIpc) is 2.52. The lowest BCUT2D eigenvalue weighted by molar-refractivity contribution is -0.140. The predicted octanol–water partition coefficient (Wildman–Crippen LogP) is 6.67. The van der Waals surface area contributed by atoms with Crippen LogP contribution in [-0.4, -0.2) is 13.1 Å². The van der Waals surface area contributed by atoms with Gasteiger partial charge in [-0.3, -0.25) is 4.79 Å². The summed E-state index contributed by atoms with van der Waals surface area (Å²) in [6.45, 7) is 4.70. The first-order chi connectivity index (χ1) is 10.7. The molecule has 0 amide bonds. The molecule has 0 aromatic heterocycles. The number of unbranched alkanes of at least 4 members (excludes halogenated alkanes) is 10. The lowest BCUT2D eigenvalue weighted by Gasteiger charge is -2.11. The van der Waals surface area contributed by atoms with E-state index in [4.69, 9.17) is 0 Å². The maximum absolute atomic E-state index is 11.0. The van der Waals surface area contributed by atoms with Gasteiger partial charge in [-0.25, -0.2) is 0 Å². The van der Waals surface area contributed by atoms with Gasteiger partial charge in [-0.1, -0.05) is 97.3 Å². The van der Waals surface area contributed by atoms with Crippen LogP contribution in [-0.2, 0) is 9.53 Å². The van der Waals surface area contributed by atoms with Gasteiger partial charge in [0.2, 0.25) is 0 Å². The predicted molar refractivity (Wildman–Crippen MR) is 96.1 cm³/mol. The van der Waals surface area contributed by atoms with Gasteiger partial charge in [-0.05, 0) is 12.3 Å². The van der Waals surface area contributed by atoms with Crippen LogP contribution < -0.4 is 0 Å². The second-order valence-corrected chi connectivity index (χ2v) is 6.90. The molecule has 2 heteroatoms. The highest BCUT2D eigenvalue weighted by molar-refractivity contribution is 5.68. The fourth-order valence-electron chi connectivity index (χ4n) is 2.99. The normalized spacial score (nSPS) is 12.3. The Bertz CT molecular complexity index is 238. The molecule has 0 radical (unpaired) electrons. The van der Waals surface area contributed by atoms with Gasteiger partial charge in [0.05, 0.1) is 7.11 Å². The quantitative estimate of drug-likeness (QED) is 0.235. The van der Waals surface area contributed by atoms with E-state index in [-0.39, 0.29) is 5.97 Å². The third-order valence-electron chi connectivity index (χ3n) is 4.61. The van der Waals surface area contributed by atoms with Crippen LogP contribution in [0.25, 0.3) is 0 Å². The topological polar surface area (TPSA) is 26.3 Å². The third kappa shape index (κ3) is 15.9. The number of hydrogen-bond acceptors (Lipinski definition) is 2. The van der Waals surface area contributed by atoms with Crippen molar-refractivity contribution in [1.82, 2.24) is 0 Å². The smallest absolute Gasteiger partial charge is 0.305 e. The molecule has 2 nitrogen and oxygen atoms in total. The molecular formula is C20H40O2. The van der Waals surface area contributed by atoms with Crippen molar-refractivity contribution in [3.63, 3.8) is 0 Å². The molecule has 0 bridgehead atoms. The summed E-state index contributed by atoms with van der Waals surface area (Å²) in [5.41, 5.74) is 0. The Morgan fingerprint density at radius 1 is 0.773 bits per heavy atom. The van der Waals surface area contributed by atoms with Crippen molar-refractivity contribution >= 4 is 5.97 Å². The number of hydrogen-bond donors (Lipinski definition) is 0. The van der Waals surface area contributed by atoms with Crippen LogP contribution >= 0.6 is 0 Å². The van der Waals surface area contributed by atoms with E-state index in [1.54, 1.807) is 0 Å². The number of carbonyl (C=O) groups excluding carboxylic acids is 1.